The zero-order valence-corrected chi connectivity index (χ0v) is 15.1. The smallest absolute Gasteiger partial charge is 0.251 e. The Hall–Kier alpha value is -2.30. The van der Waals surface area contributed by atoms with Gasteiger partial charge >= 0.3 is 0 Å². The average molecular weight is 367 g/mol. The minimum atomic E-state index is -1.48. The van der Waals surface area contributed by atoms with Gasteiger partial charge in [0.1, 0.15) is 11.0 Å². The number of carbonyl (C=O) groups is 1. The van der Waals surface area contributed by atoms with E-state index in [1.165, 1.54) is 23.7 Å². The summed E-state index contributed by atoms with van der Waals surface area (Å²) in [6, 6.07) is 3.05. The molecule has 136 valence electrons. The number of pyridine rings is 1. The number of methoxy groups -OCH3 is 1. The number of aliphatic hydroxyl groups excluding tert-OH is 1. The van der Waals surface area contributed by atoms with E-state index in [1.807, 2.05) is 0 Å². The number of hydrogen-bond acceptors (Lipinski definition) is 6. The molecule has 10 heteroatoms. The number of aromatic nitrogens is 3. The van der Waals surface area contributed by atoms with E-state index in [9.17, 15) is 14.1 Å². The second-order valence-corrected chi connectivity index (χ2v) is 6.93. The molecule has 0 bridgehead atoms. The zero-order chi connectivity index (χ0) is 18.4. The molecule has 0 radical (unpaired) electrons. The Morgan fingerprint density at radius 2 is 2.28 bits per heavy atom. The molecule has 1 amide bonds. The van der Waals surface area contributed by atoms with E-state index in [0.29, 0.717) is 16.5 Å². The van der Waals surface area contributed by atoms with E-state index in [4.69, 9.17) is 4.74 Å². The Kier molecular flexibility index (Phi) is 6.62. The highest BCUT2D eigenvalue weighted by Gasteiger charge is 2.18. The third kappa shape index (κ3) is 5.34. The molecule has 0 aromatic carbocycles. The summed E-state index contributed by atoms with van der Waals surface area (Å²) in [7, 11) is 3.38. The van der Waals surface area contributed by atoms with Crippen LogP contribution in [0.2, 0.25) is 0 Å². The molecule has 9 nitrogen and oxygen atoms in total. The highest BCUT2D eigenvalue weighted by atomic mass is 32.2. The van der Waals surface area contributed by atoms with E-state index in [1.54, 1.807) is 37.3 Å². The predicted molar refractivity (Wildman–Crippen MR) is 91.4 cm³/mol. The van der Waals surface area contributed by atoms with Gasteiger partial charge in [-0.3, -0.25) is 4.79 Å². The fraction of sp³-hybridized carbons (Fsp3) is 0.400. The van der Waals surface area contributed by atoms with E-state index < -0.39 is 17.1 Å². The Morgan fingerprint density at radius 3 is 2.92 bits per heavy atom. The topological polar surface area (TPSA) is 110 Å². The number of hydrogen-bond donors (Lipinski definition) is 2. The minimum Gasteiger partial charge on any atom is -0.481 e. The summed E-state index contributed by atoms with van der Waals surface area (Å²) in [6.45, 7) is 0.135. The van der Waals surface area contributed by atoms with Gasteiger partial charge in [-0.1, -0.05) is 0 Å². The van der Waals surface area contributed by atoms with Gasteiger partial charge < -0.3 is 19.7 Å². The lowest BCUT2D eigenvalue weighted by Gasteiger charge is -2.19. The predicted octanol–water partition coefficient (Wildman–Crippen LogP) is -0.431. The first kappa shape index (κ1) is 19.0. The van der Waals surface area contributed by atoms with Crippen molar-refractivity contribution in [2.45, 2.75) is 11.1 Å². The lowest BCUT2D eigenvalue weighted by molar-refractivity contribution is 0.0906. The Labute approximate surface area is 148 Å². The summed E-state index contributed by atoms with van der Waals surface area (Å²) in [5, 5.41) is 13.1. The van der Waals surface area contributed by atoms with Crippen LogP contribution in [0.4, 0.5) is 0 Å². The van der Waals surface area contributed by atoms with Crippen LogP contribution in [0, 0.1) is 0 Å². The number of nitrogens with zero attached hydrogens (tertiary/aromatic N) is 4. The average Bonchev–Trinajstić information content (AvgIpc) is 3.05. The van der Waals surface area contributed by atoms with Crippen molar-refractivity contribution in [1.29, 1.82) is 0 Å². The highest BCUT2D eigenvalue weighted by Crippen LogP contribution is 2.09. The molecular formula is C15H21N5O4S. The van der Waals surface area contributed by atoms with Crippen LogP contribution in [-0.4, -0.2) is 67.4 Å². The lowest BCUT2D eigenvalue weighted by Crippen LogP contribution is -2.39. The zero-order valence-electron chi connectivity index (χ0n) is 14.2. The number of ether oxygens (including phenoxy) is 1. The molecule has 0 aliphatic heterocycles. The summed E-state index contributed by atoms with van der Waals surface area (Å²) >= 11 is 0. The first-order valence-electron chi connectivity index (χ1n) is 7.48. The number of nitrogens with one attached hydrogen (secondary N) is 1. The van der Waals surface area contributed by atoms with E-state index >= 15 is 0 Å². The first-order valence-corrected chi connectivity index (χ1v) is 8.58. The maximum absolute atomic E-state index is 12.3. The third-order valence-corrected chi connectivity index (χ3v) is 4.60. The van der Waals surface area contributed by atoms with Crippen molar-refractivity contribution in [3.63, 3.8) is 0 Å². The van der Waals surface area contributed by atoms with E-state index in [2.05, 4.69) is 15.3 Å². The van der Waals surface area contributed by atoms with Crippen LogP contribution in [-0.2, 0) is 18.0 Å². The fourth-order valence-corrected chi connectivity index (χ4v) is 3.06. The number of rotatable bonds is 8. The van der Waals surface area contributed by atoms with Crippen LogP contribution in [0.1, 0.15) is 10.4 Å². The van der Waals surface area contributed by atoms with Crippen molar-refractivity contribution in [3.05, 3.63) is 36.4 Å². The number of imidazole rings is 1. The highest BCUT2D eigenvalue weighted by molar-refractivity contribution is 7.82. The fourth-order valence-electron chi connectivity index (χ4n) is 2.04. The number of aryl methyl sites for hydroxylation is 1. The Bertz CT molecular complexity index is 751. The molecule has 2 rings (SSSR count). The van der Waals surface area contributed by atoms with Gasteiger partial charge in [-0.25, -0.2) is 18.5 Å². The van der Waals surface area contributed by atoms with Crippen LogP contribution < -0.4 is 10.1 Å². The molecule has 0 saturated heterocycles. The molecule has 0 fully saturated rings. The van der Waals surface area contributed by atoms with Crippen LogP contribution in [0.15, 0.2) is 35.9 Å². The van der Waals surface area contributed by atoms with Gasteiger partial charge in [0.05, 0.1) is 19.5 Å². The van der Waals surface area contributed by atoms with Gasteiger partial charge in [-0.2, -0.15) is 0 Å². The first-order chi connectivity index (χ1) is 11.9. The van der Waals surface area contributed by atoms with Crippen LogP contribution in [0.25, 0.3) is 0 Å². The van der Waals surface area contributed by atoms with Crippen molar-refractivity contribution >= 4 is 16.9 Å². The number of amides is 1. The van der Waals surface area contributed by atoms with Crippen LogP contribution >= 0.6 is 0 Å². The lowest BCUT2D eigenvalue weighted by atomic mass is 10.2. The van der Waals surface area contributed by atoms with Crippen molar-refractivity contribution < 1.29 is 18.8 Å². The van der Waals surface area contributed by atoms with E-state index in [0.717, 1.165) is 0 Å². The van der Waals surface area contributed by atoms with Gasteiger partial charge in [0.25, 0.3) is 5.91 Å². The molecule has 0 saturated carbocycles. The molecular weight excluding hydrogens is 346 g/mol. The molecule has 2 unspecified atom stereocenters. The van der Waals surface area contributed by atoms with Crippen molar-refractivity contribution in [3.8, 4) is 5.88 Å². The molecule has 2 N–H and O–H groups in total. The van der Waals surface area contributed by atoms with Gasteiger partial charge in [0, 0.05) is 51.2 Å². The molecule has 2 heterocycles. The minimum absolute atomic E-state index is 0.0211. The SMILES string of the molecule is COc1cc(C(=O)NCC(O)CN(C)S(=O)c2cn(C)cn2)ccn1. The maximum Gasteiger partial charge on any atom is 0.251 e. The quantitative estimate of drug-likeness (QED) is 0.655. The molecule has 0 aliphatic carbocycles. The normalized spacial score (nSPS) is 13.5. The van der Waals surface area contributed by atoms with Crippen LogP contribution in [0.5, 0.6) is 5.88 Å². The Balaban J connectivity index is 1.84. The summed E-state index contributed by atoms with van der Waals surface area (Å²) in [6.07, 6.45) is 3.79. The van der Waals surface area contributed by atoms with Crippen molar-refractivity contribution in [2.75, 3.05) is 27.2 Å². The van der Waals surface area contributed by atoms with Crippen molar-refractivity contribution in [1.82, 2.24) is 24.2 Å². The third-order valence-electron chi connectivity index (χ3n) is 3.32. The van der Waals surface area contributed by atoms with Crippen LogP contribution in [0.3, 0.4) is 0 Å². The summed E-state index contributed by atoms with van der Waals surface area (Å²) < 4.78 is 20.4. The van der Waals surface area contributed by atoms with Gasteiger partial charge in [-0.15, -0.1) is 0 Å². The van der Waals surface area contributed by atoms with Crippen molar-refractivity contribution in [2.24, 2.45) is 7.05 Å². The van der Waals surface area contributed by atoms with E-state index in [-0.39, 0.29) is 19.0 Å². The summed E-state index contributed by atoms with van der Waals surface area (Å²) in [5.41, 5.74) is 0.379. The van der Waals surface area contributed by atoms with Gasteiger partial charge in [0.2, 0.25) is 5.88 Å². The van der Waals surface area contributed by atoms with Gasteiger partial charge in [0.15, 0.2) is 5.03 Å². The molecule has 25 heavy (non-hydrogen) atoms. The molecule has 2 aromatic rings. The second kappa shape index (κ2) is 8.70. The molecule has 2 aromatic heterocycles. The standard InChI is InChI=1S/C15H21N5O4S/c1-19-9-14(18-10-19)25(23)20(2)8-12(21)7-17-15(22)11-4-5-16-13(6-11)24-3/h4-6,9-10,12,21H,7-8H2,1-3H3,(H,17,22). The largest absolute Gasteiger partial charge is 0.481 e. The second-order valence-electron chi connectivity index (χ2n) is 5.39. The molecule has 2 atom stereocenters. The summed E-state index contributed by atoms with van der Waals surface area (Å²) in [4.78, 5) is 20.0. The number of likely N-dealkylation sites (N-methyl/N-ethyl adjacent to an activating group) is 1. The molecule has 0 aliphatic rings. The Morgan fingerprint density at radius 1 is 1.52 bits per heavy atom. The number of carbonyl (C=O) groups excluding carboxylic acids is 1. The maximum atomic E-state index is 12.3. The summed E-state index contributed by atoms with van der Waals surface area (Å²) in [5.74, 6) is -0.0214. The number of aliphatic hydroxyl groups is 1. The molecule has 0 spiro atoms. The monoisotopic (exact) mass is 367 g/mol. The van der Waals surface area contributed by atoms with Gasteiger partial charge in [-0.05, 0) is 6.07 Å².